The monoisotopic (exact) mass is 280 g/mol. The lowest BCUT2D eigenvalue weighted by atomic mass is 10.1. The van der Waals surface area contributed by atoms with Crippen molar-refractivity contribution in [3.63, 3.8) is 0 Å². The van der Waals surface area contributed by atoms with E-state index in [1.807, 2.05) is 18.2 Å². The minimum absolute atomic E-state index is 0.0693. The highest BCUT2D eigenvalue weighted by Gasteiger charge is 2.10. The normalized spacial score (nSPS) is 12.2. The van der Waals surface area contributed by atoms with Gasteiger partial charge in [0.25, 0.3) is 0 Å². The molecule has 0 saturated heterocycles. The highest BCUT2D eigenvalue weighted by atomic mass is 32.2. The first-order valence-electron chi connectivity index (χ1n) is 6.85. The Balaban J connectivity index is 2.36. The molecule has 0 aliphatic carbocycles. The minimum Gasteiger partial charge on any atom is -0.351 e. The number of rotatable bonds is 8. The van der Waals surface area contributed by atoms with Crippen LogP contribution in [0.1, 0.15) is 31.7 Å². The van der Waals surface area contributed by atoms with Gasteiger partial charge in [0.1, 0.15) is 0 Å². The zero-order valence-corrected chi connectivity index (χ0v) is 12.6. The quantitative estimate of drug-likeness (QED) is 0.720. The maximum absolute atomic E-state index is 11.9. The highest BCUT2D eigenvalue weighted by molar-refractivity contribution is 8.00. The lowest BCUT2D eigenvalue weighted by Crippen LogP contribution is -2.41. The lowest BCUT2D eigenvalue weighted by molar-refractivity contribution is -0.119. The van der Waals surface area contributed by atoms with E-state index in [2.05, 4.69) is 25.2 Å². The van der Waals surface area contributed by atoms with E-state index in [4.69, 9.17) is 5.73 Å². The van der Waals surface area contributed by atoms with Gasteiger partial charge in [-0.2, -0.15) is 0 Å². The van der Waals surface area contributed by atoms with Crippen LogP contribution in [0.25, 0.3) is 0 Å². The second-order valence-electron chi connectivity index (χ2n) is 4.70. The van der Waals surface area contributed by atoms with Gasteiger partial charge in [0.05, 0.1) is 5.75 Å². The van der Waals surface area contributed by atoms with Crippen LogP contribution < -0.4 is 11.1 Å². The molecule has 0 heterocycles. The standard InChI is InChI=1S/C15H24N2OS/c1-3-4-8-13(10-16)17-15(18)11-19-14-9-6-5-7-12(14)2/h5-7,9,13H,3-4,8,10-11,16H2,1-2H3,(H,17,18). The Labute approximate surface area is 120 Å². The molecular formula is C15H24N2OS. The van der Waals surface area contributed by atoms with Crippen molar-refractivity contribution in [2.75, 3.05) is 12.3 Å². The topological polar surface area (TPSA) is 55.1 Å². The van der Waals surface area contributed by atoms with Gasteiger partial charge in [-0.3, -0.25) is 4.79 Å². The van der Waals surface area contributed by atoms with E-state index in [0.717, 1.165) is 24.2 Å². The second kappa shape index (κ2) is 8.99. The van der Waals surface area contributed by atoms with Gasteiger partial charge in [-0.05, 0) is 25.0 Å². The molecule has 106 valence electrons. The fourth-order valence-electron chi connectivity index (χ4n) is 1.83. The molecule has 3 nitrogen and oxygen atoms in total. The molecule has 0 aromatic heterocycles. The number of amides is 1. The highest BCUT2D eigenvalue weighted by Crippen LogP contribution is 2.21. The van der Waals surface area contributed by atoms with Crippen molar-refractivity contribution in [1.29, 1.82) is 0 Å². The van der Waals surface area contributed by atoms with E-state index in [9.17, 15) is 4.79 Å². The molecule has 1 unspecified atom stereocenters. The first-order valence-corrected chi connectivity index (χ1v) is 7.83. The number of hydrogen-bond donors (Lipinski definition) is 2. The van der Waals surface area contributed by atoms with E-state index in [-0.39, 0.29) is 11.9 Å². The molecule has 1 atom stereocenters. The van der Waals surface area contributed by atoms with Crippen LogP contribution in [-0.2, 0) is 4.79 Å². The van der Waals surface area contributed by atoms with Crippen LogP contribution in [-0.4, -0.2) is 24.2 Å². The van der Waals surface area contributed by atoms with Crippen molar-refractivity contribution >= 4 is 17.7 Å². The Bertz CT molecular complexity index is 395. The summed E-state index contributed by atoms with van der Waals surface area (Å²) < 4.78 is 0. The van der Waals surface area contributed by atoms with E-state index in [0.29, 0.717) is 12.3 Å². The van der Waals surface area contributed by atoms with Gasteiger partial charge >= 0.3 is 0 Å². The molecule has 0 aliphatic heterocycles. The summed E-state index contributed by atoms with van der Waals surface area (Å²) in [5.74, 6) is 0.521. The van der Waals surface area contributed by atoms with Gasteiger partial charge in [0.15, 0.2) is 0 Å². The summed E-state index contributed by atoms with van der Waals surface area (Å²) >= 11 is 1.58. The van der Waals surface area contributed by atoms with E-state index < -0.39 is 0 Å². The summed E-state index contributed by atoms with van der Waals surface area (Å²) in [5, 5.41) is 3.01. The smallest absolute Gasteiger partial charge is 0.230 e. The predicted octanol–water partition coefficient (Wildman–Crippen LogP) is 2.72. The van der Waals surface area contributed by atoms with E-state index in [1.165, 1.54) is 5.56 Å². The Kier molecular flexibility index (Phi) is 7.60. The zero-order valence-electron chi connectivity index (χ0n) is 11.8. The van der Waals surface area contributed by atoms with Crippen molar-refractivity contribution in [3.8, 4) is 0 Å². The fourth-order valence-corrected chi connectivity index (χ4v) is 2.67. The maximum Gasteiger partial charge on any atom is 0.230 e. The molecule has 0 bridgehead atoms. The number of thioether (sulfide) groups is 1. The van der Waals surface area contributed by atoms with Gasteiger partial charge < -0.3 is 11.1 Å². The molecule has 1 rings (SSSR count). The number of aryl methyl sites for hydroxylation is 1. The van der Waals surface area contributed by atoms with Crippen molar-refractivity contribution in [3.05, 3.63) is 29.8 Å². The van der Waals surface area contributed by atoms with Crippen LogP contribution >= 0.6 is 11.8 Å². The molecule has 1 aromatic carbocycles. The van der Waals surface area contributed by atoms with Crippen LogP contribution in [0.2, 0.25) is 0 Å². The summed E-state index contributed by atoms with van der Waals surface area (Å²) in [7, 11) is 0. The fraction of sp³-hybridized carbons (Fsp3) is 0.533. The molecule has 0 aliphatic rings. The maximum atomic E-state index is 11.9. The van der Waals surface area contributed by atoms with E-state index in [1.54, 1.807) is 11.8 Å². The Hall–Kier alpha value is -1.00. The van der Waals surface area contributed by atoms with Gasteiger partial charge in [-0.15, -0.1) is 11.8 Å². The zero-order chi connectivity index (χ0) is 14.1. The summed E-state index contributed by atoms with van der Waals surface area (Å²) in [4.78, 5) is 13.0. The minimum atomic E-state index is 0.0693. The third kappa shape index (κ3) is 6.12. The molecule has 0 fully saturated rings. The Morgan fingerprint density at radius 3 is 2.79 bits per heavy atom. The number of benzene rings is 1. The first-order chi connectivity index (χ1) is 9.17. The predicted molar refractivity (Wildman–Crippen MR) is 82.4 cm³/mol. The van der Waals surface area contributed by atoms with Crippen molar-refractivity contribution in [2.45, 2.75) is 44.0 Å². The van der Waals surface area contributed by atoms with Gasteiger partial charge in [-0.1, -0.05) is 38.0 Å². The molecule has 0 radical (unpaired) electrons. The molecule has 1 amide bonds. The Morgan fingerprint density at radius 2 is 2.16 bits per heavy atom. The number of hydrogen-bond acceptors (Lipinski definition) is 3. The SMILES string of the molecule is CCCCC(CN)NC(=O)CSc1ccccc1C. The van der Waals surface area contributed by atoms with Crippen LogP contribution in [0.15, 0.2) is 29.2 Å². The summed E-state index contributed by atoms with van der Waals surface area (Å²) in [5.41, 5.74) is 6.88. The first kappa shape index (κ1) is 16.1. The molecule has 3 N–H and O–H groups in total. The second-order valence-corrected chi connectivity index (χ2v) is 5.71. The molecule has 4 heteroatoms. The summed E-state index contributed by atoms with van der Waals surface area (Å²) in [6, 6.07) is 8.23. The molecule has 19 heavy (non-hydrogen) atoms. The van der Waals surface area contributed by atoms with Crippen molar-refractivity contribution in [2.24, 2.45) is 5.73 Å². The number of carbonyl (C=O) groups excluding carboxylic acids is 1. The van der Waals surface area contributed by atoms with Crippen LogP contribution in [0.4, 0.5) is 0 Å². The van der Waals surface area contributed by atoms with Crippen LogP contribution in [0.3, 0.4) is 0 Å². The van der Waals surface area contributed by atoms with Crippen LogP contribution in [0, 0.1) is 6.92 Å². The van der Waals surface area contributed by atoms with Gasteiger partial charge in [0, 0.05) is 17.5 Å². The summed E-state index contributed by atoms with van der Waals surface area (Å²) in [6.45, 7) is 4.72. The summed E-state index contributed by atoms with van der Waals surface area (Å²) in [6.07, 6.45) is 3.20. The molecular weight excluding hydrogens is 256 g/mol. The van der Waals surface area contributed by atoms with E-state index >= 15 is 0 Å². The number of nitrogens with one attached hydrogen (secondary N) is 1. The number of nitrogens with two attached hydrogens (primary N) is 1. The van der Waals surface area contributed by atoms with Crippen molar-refractivity contribution in [1.82, 2.24) is 5.32 Å². The number of carbonyl (C=O) groups is 1. The number of unbranched alkanes of at least 4 members (excludes halogenated alkanes) is 1. The van der Waals surface area contributed by atoms with Crippen LogP contribution in [0.5, 0.6) is 0 Å². The third-order valence-corrected chi connectivity index (χ3v) is 4.18. The average molecular weight is 280 g/mol. The van der Waals surface area contributed by atoms with Gasteiger partial charge in [0.2, 0.25) is 5.91 Å². The molecule has 0 saturated carbocycles. The van der Waals surface area contributed by atoms with Gasteiger partial charge in [-0.25, -0.2) is 0 Å². The Morgan fingerprint density at radius 1 is 1.42 bits per heavy atom. The van der Waals surface area contributed by atoms with Crippen molar-refractivity contribution < 1.29 is 4.79 Å². The molecule has 0 spiro atoms. The average Bonchev–Trinajstić information content (AvgIpc) is 2.42. The molecule has 1 aromatic rings. The lowest BCUT2D eigenvalue weighted by Gasteiger charge is -2.16. The third-order valence-electron chi connectivity index (χ3n) is 3.01. The largest absolute Gasteiger partial charge is 0.351 e.